The molecule has 2 N–H and O–H groups in total. The largest absolute Gasteiger partial charge is 0.459 e. The maximum absolute atomic E-state index is 5.94. The molecule has 0 amide bonds. The van der Waals surface area contributed by atoms with Gasteiger partial charge in [-0.05, 0) is 53.1 Å². The van der Waals surface area contributed by atoms with Crippen LogP contribution in [0, 0.1) is 6.07 Å². The average molecular weight is 299 g/mol. The summed E-state index contributed by atoms with van der Waals surface area (Å²) >= 11 is 0. The highest BCUT2D eigenvalue weighted by Gasteiger charge is 2.12. The Morgan fingerprint density at radius 3 is 2.43 bits per heavy atom. The van der Waals surface area contributed by atoms with Gasteiger partial charge in [0.25, 0.3) is 0 Å². The van der Waals surface area contributed by atoms with Gasteiger partial charge in [0, 0.05) is 23.3 Å². The molecule has 0 saturated heterocycles. The van der Waals surface area contributed by atoms with Gasteiger partial charge in [0.05, 0.1) is 6.54 Å². The zero-order valence-electron chi connectivity index (χ0n) is 12.5. The third-order valence-electron chi connectivity index (χ3n) is 3.91. The average Bonchev–Trinajstić information content (AvgIpc) is 3.05. The van der Waals surface area contributed by atoms with Gasteiger partial charge in [-0.15, -0.1) is 0 Å². The molecule has 0 unspecified atom stereocenters. The van der Waals surface area contributed by atoms with Crippen LogP contribution in [-0.2, 0) is 6.54 Å². The van der Waals surface area contributed by atoms with Crippen molar-refractivity contribution >= 4 is 11.0 Å². The maximum atomic E-state index is 5.94. The molecule has 3 nitrogen and oxygen atoms in total. The van der Waals surface area contributed by atoms with Crippen molar-refractivity contribution in [2.45, 2.75) is 6.54 Å². The van der Waals surface area contributed by atoms with Crippen LogP contribution in [0.3, 0.4) is 0 Å². The van der Waals surface area contributed by atoms with Gasteiger partial charge in [0.2, 0.25) is 0 Å². The molecule has 0 aliphatic carbocycles. The first-order chi connectivity index (χ1) is 11.3. The zero-order valence-corrected chi connectivity index (χ0v) is 12.5. The lowest BCUT2D eigenvalue weighted by Gasteiger charge is -2.07. The number of hydrogen-bond donors (Lipinski definition) is 1. The van der Waals surface area contributed by atoms with Crippen LogP contribution in [0.2, 0.25) is 0 Å². The number of pyridine rings is 1. The quantitative estimate of drug-likeness (QED) is 0.609. The lowest BCUT2D eigenvalue weighted by atomic mass is 9.97. The Bertz CT molecular complexity index is 943. The number of nitrogens with two attached hydrogens (primary N) is 1. The fourth-order valence-corrected chi connectivity index (χ4v) is 2.80. The lowest BCUT2D eigenvalue weighted by Crippen LogP contribution is -1.92. The van der Waals surface area contributed by atoms with Crippen molar-refractivity contribution < 1.29 is 4.42 Å². The van der Waals surface area contributed by atoms with Gasteiger partial charge < -0.3 is 10.2 Å². The van der Waals surface area contributed by atoms with Crippen molar-refractivity contribution in [3.8, 4) is 22.3 Å². The Morgan fingerprint density at radius 2 is 1.70 bits per heavy atom. The van der Waals surface area contributed by atoms with Crippen LogP contribution in [0.15, 0.2) is 71.4 Å². The Hall–Kier alpha value is -2.91. The number of nitrogens with zero attached hydrogens (tertiary/aromatic N) is 1. The van der Waals surface area contributed by atoms with E-state index >= 15 is 0 Å². The summed E-state index contributed by atoms with van der Waals surface area (Å²) in [6, 6.07) is 21.3. The first kappa shape index (κ1) is 13.7. The molecule has 4 aromatic rings. The van der Waals surface area contributed by atoms with E-state index in [1.54, 1.807) is 12.4 Å². The molecule has 4 rings (SSSR count). The van der Waals surface area contributed by atoms with E-state index in [1.807, 2.05) is 30.3 Å². The van der Waals surface area contributed by atoms with Crippen molar-refractivity contribution in [2.24, 2.45) is 5.73 Å². The minimum absolute atomic E-state index is 0.389. The number of aromatic nitrogens is 1. The molecule has 0 spiro atoms. The van der Waals surface area contributed by atoms with E-state index < -0.39 is 0 Å². The van der Waals surface area contributed by atoms with E-state index in [-0.39, 0.29) is 0 Å². The van der Waals surface area contributed by atoms with E-state index in [0.717, 1.165) is 39.0 Å². The van der Waals surface area contributed by atoms with Crippen LogP contribution in [0.4, 0.5) is 0 Å². The van der Waals surface area contributed by atoms with Crippen molar-refractivity contribution in [1.82, 2.24) is 4.98 Å². The molecular formula is C20H15N2O. The minimum atomic E-state index is 0.389. The first-order valence-corrected chi connectivity index (χ1v) is 7.48. The molecule has 2 heterocycles. The van der Waals surface area contributed by atoms with Crippen LogP contribution < -0.4 is 5.73 Å². The third-order valence-corrected chi connectivity index (χ3v) is 3.91. The van der Waals surface area contributed by atoms with E-state index in [4.69, 9.17) is 10.2 Å². The number of rotatable bonds is 3. The van der Waals surface area contributed by atoms with E-state index in [1.165, 1.54) is 0 Å². The Balaban J connectivity index is 2.00. The number of fused-ring (bicyclic) bond motifs is 1. The highest BCUT2D eigenvalue weighted by atomic mass is 16.3. The van der Waals surface area contributed by atoms with Crippen LogP contribution >= 0.6 is 0 Å². The molecule has 3 heteroatoms. The number of furan rings is 1. The topological polar surface area (TPSA) is 52.0 Å². The standard InChI is InChI=1S/C20H15N2O/c21-13-18-11-17-10-16(14-4-2-1-3-5-14)12-19(20(17)23-18)15-6-8-22-9-7-15/h2-12H,13,21H2. The molecule has 1 radical (unpaired) electrons. The fourth-order valence-electron chi connectivity index (χ4n) is 2.80. The molecule has 0 bridgehead atoms. The van der Waals surface area contributed by atoms with Crippen LogP contribution in [0.1, 0.15) is 5.76 Å². The van der Waals surface area contributed by atoms with Crippen molar-refractivity contribution in [3.63, 3.8) is 0 Å². The van der Waals surface area contributed by atoms with Crippen LogP contribution in [0.25, 0.3) is 33.2 Å². The molecule has 0 saturated carbocycles. The van der Waals surface area contributed by atoms with Gasteiger partial charge in [0.1, 0.15) is 11.3 Å². The van der Waals surface area contributed by atoms with E-state index in [9.17, 15) is 0 Å². The summed E-state index contributed by atoms with van der Waals surface area (Å²) in [5, 5.41) is 1.06. The van der Waals surface area contributed by atoms with Gasteiger partial charge >= 0.3 is 0 Å². The summed E-state index contributed by atoms with van der Waals surface area (Å²) < 4.78 is 5.94. The van der Waals surface area contributed by atoms with Crippen molar-refractivity contribution in [1.29, 1.82) is 0 Å². The molecule has 0 aliphatic heterocycles. The minimum Gasteiger partial charge on any atom is -0.459 e. The van der Waals surface area contributed by atoms with Gasteiger partial charge in [0.15, 0.2) is 0 Å². The predicted molar refractivity (Wildman–Crippen MR) is 91.6 cm³/mol. The zero-order chi connectivity index (χ0) is 15.6. The van der Waals surface area contributed by atoms with Gasteiger partial charge in [-0.2, -0.15) is 0 Å². The normalized spacial score (nSPS) is 11.0. The summed E-state index contributed by atoms with van der Waals surface area (Å²) in [5.74, 6) is 0.786. The molecule has 0 aliphatic rings. The Morgan fingerprint density at radius 1 is 0.913 bits per heavy atom. The lowest BCUT2D eigenvalue weighted by molar-refractivity contribution is 0.553. The summed E-state index contributed by atoms with van der Waals surface area (Å²) in [6.45, 7) is 0.389. The monoisotopic (exact) mass is 299 g/mol. The smallest absolute Gasteiger partial charge is 0.142 e. The fraction of sp³-hybridized carbons (Fsp3) is 0.0500. The molecule has 111 valence electrons. The van der Waals surface area contributed by atoms with E-state index in [2.05, 4.69) is 35.3 Å². The second-order valence-corrected chi connectivity index (χ2v) is 5.38. The highest BCUT2D eigenvalue weighted by Crippen LogP contribution is 2.35. The second kappa shape index (κ2) is 5.71. The molecule has 2 aromatic heterocycles. The molecular weight excluding hydrogens is 284 g/mol. The summed E-state index contributed by atoms with van der Waals surface area (Å²) in [5.41, 5.74) is 11.0. The van der Waals surface area contributed by atoms with Gasteiger partial charge in [-0.25, -0.2) is 0 Å². The Labute approximate surface area is 134 Å². The third kappa shape index (κ3) is 2.51. The first-order valence-electron chi connectivity index (χ1n) is 7.48. The van der Waals surface area contributed by atoms with E-state index in [0.29, 0.717) is 6.54 Å². The maximum Gasteiger partial charge on any atom is 0.142 e. The predicted octanol–water partition coefficient (Wildman–Crippen LogP) is 4.42. The molecule has 2 aromatic carbocycles. The van der Waals surface area contributed by atoms with Crippen LogP contribution in [-0.4, -0.2) is 4.98 Å². The summed E-state index contributed by atoms with van der Waals surface area (Å²) in [6.07, 6.45) is 3.58. The van der Waals surface area contributed by atoms with Gasteiger partial charge in [-0.3, -0.25) is 4.98 Å². The molecule has 23 heavy (non-hydrogen) atoms. The SMILES string of the molecule is NCc1cc2cc(-c3cc[c]cc3)cc(-c3ccncc3)c2o1. The number of hydrogen-bond acceptors (Lipinski definition) is 3. The molecule has 0 atom stereocenters. The molecule has 0 fully saturated rings. The Kier molecular flexibility index (Phi) is 3.41. The van der Waals surface area contributed by atoms with Gasteiger partial charge in [-0.1, -0.05) is 24.3 Å². The summed E-state index contributed by atoms with van der Waals surface area (Å²) in [4.78, 5) is 4.10. The van der Waals surface area contributed by atoms with Crippen LogP contribution in [0.5, 0.6) is 0 Å². The second-order valence-electron chi connectivity index (χ2n) is 5.38. The van der Waals surface area contributed by atoms with Crippen molar-refractivity contribution in [3.05, 3.63) is 78.8 Å². The highest BCUT2D eigenvalue weighted by molar-refractivity contribution is 5.96. The number of benzene rings is 2. The van der Waals surface area contributed by atoms with Crippen molar-refractivity contribution in [2.75, 3.05) is 0 Å². The summed E-state index contributed by atoms with van der Waals surface area (Å²) in [7, 11) is 0.